The Balaban J connectivity index is 2.15. The second-order valence-electron chi connectivity index (χ2n) is 5.39. The molecular weight excluding hydrogens is 354 g/mol. The largest absolute Gasteiger partial charge is 0.497 e. The summed E-state index contributed by atoms with van der Waals surface area (Å²) in [6.07, 6.45) is 1.60. The van der Waals surface area contributed by atoms with Gasteiger partial charge in [-0.05, 0) is 42.0 Å². The van der Waals surface area contributed by atoms with E-state index in [1.54, 1.807) is 56.7 Å². The Morgan fingerprint density at radius 2 is 1.88 bits per heavy atom. The van der Waals surface area contributed by atoms with Gasteiger partial charge in [-0.2, -0.15) is 5.26 Å². The van der Waals surface area contributed by atoms with Crippen molar-refractivity contribution >= 4 is 34.2 Å². The number of nitriles is 1. The van der Waals surface area contributed by atoms with Crippen LogP contribution in [0.5, 0.6) is 11.5 Å². The monoisotopic (exact) mass is 367 g/mol. The van der Waals surface area contributed by atoms with Crippen LogP contribution in [0.25, 0.3) is 22.6 Å². The van der Waals surface area contributed by atoms with E-state index < -0.39 is 0 Å². The number of rotatable bonds is 4. The summed E-state index contributed by atoms with van der Waals surface area (Å²) < 4.78 is 10.5. The van der Waals surface area contributed by atoms with Crippen molar-refractivity contribution in [2.75, 3.05) is 14.2 Å². The van der Waals surface area contributed by atoms with Gasteiger partial charge in [-0.1, -0.05) is 11.6 Å². The van der Waals surface area contributed by atoms with E-state index in [1.165, 1.54) is 0 Å². The fourth-order valence-corrected chi connectivity index (χ4v) is 2.64. The third-order valence-electron chi connectivity index (χ3n) is 3.73. The standard InChI is InChI=1S/C19H14ClN3O3/c1-25-14-6-11(7-15(9-14)26-2)5-12(10-21)18-22-17-8-13(20)3-4-16(17)19(24)23-18/h3-9H,1-2H3,(H,22,23,24)/b12-5+. The third kappa shape index (κ3) is 3.53. The molecule has 26 heavy (non-hydrogen) atoms. The summed E-state index contributed by atoms with van der Waals surface area (Å²) >= 11 is 5.97. The van der Waals surface area contributed by atoms with Crippen molar-refractivity contribution in [2.45, 2.75) is 0 Å². The highest BCUT2D eigenvalue weighted by molar-refractivity contribution is 6.31. The van der Waals surface area contributed by atoms with Gasteiger partial charge in [0.25, 0.3) is 5.56 Å². The summed E-state index contributed by atoms with van der Waals surface area (Å²) in [4.78, 5) is 19.3. The van der Waals surface area contributed by atoms with Crippen molar-refractivity contribution in [3.63, 3.8) is 0 Å². The highest BCUT2D eigenvalue weighted by atomic mass is 35.5. The summed E-state index contributed by atoms with van der Waals surface area (Å²) in [5.74, 6) is 1.33. The minimum atomic E-state index is -0.342. The van der Waals surface area contributed by atoms with E-state index in [2.05, 4.69) is 16.0 Å². The predicted octanol–water partition coefficient (Wildman–Crippen LogP) is 3.66. The predicted molar refractivity (Wildman–Crippen MR) is 100 cm³/mol. The van der Waals surface area contributed by atoms with Crippen molar-refractivity contribution in [2.24, 2.45) is 0 Å². The van der Waals surface area contributed by atoms with Gasteiger partial charge in [0.05, 0.1) is 30.7 Å². The van der Waals surface area contributed by atoms with Crippen molar-refractivity contribution < 1.29 is 9.47 Å². The van der Waals surface area contributed by atoms with E-state index in [0.29, 0.717) is 33.0 Å². The van der Waals surface area contributed by atoms with Crippen LogP contribution in [0.2, 0.25) is 5.02 Å². The lowest BCUT2D eigenvalue weighted by Gasteiger charge is -2.07. The molecule has 0 spiro atoms. The molecule has 0 atom stereocenters. The Morgan fingerprint density at radius 1 is 1.19 bits per heavy atom. The molecule has 0 bridgehead atoms. The van der Waals surface area contributed by atoms with Crippen LogP contribution < -0.4 is 15.0 Å². The number of fused-ring (bicyclic) bond motifs is 1. The van der Waals surface area contributed by atoms with Crippen LogP contribution in [0, 0.1) is 11.3 Å². The van der Waals surface area contributed by atoms with Gasteiger partial charge < -0.3 is 14.5 Å². The first-order valence-electron chi connectivity index (χ1n) is 7.59. The Bertz CT molecular complexity index is 1090. The second-order valence-corrected chi connectivity index (χ2v) is 5.83. The van der Waals surface area contributed by atoms with Crippen LogP contribution in [-0.4, -0.2) is 24.2 Å². The topological polar surface area (TPSA) is 88.0 Å². The lowest BCUT2D eigenvalue weighted by Crippen LogP contribution is -2.11. The quantitative estimate of drug-likeness (QED) is 0.711. The molecular formula is C19H14ClN3O3. The van der Waals surface area contributed by atoms with Crippen molar-refractivity contribution in [3.05, 3.63) is 63.2 Å². The normalized spacial score (nSPS) is 11.2. The molecule has 3 rings (SSSR count). The second kappa shape index (κ2) is 7.30. The Morgan fingerprint density at radius 3 is 2.50 bits per heavy atom. The third-order valence-corrected chi connectivity index (χ3v) is 3.96. The van der Waals surface area contributed by atoms with Gasteiger partial charge in [-0.25, -0.2) is 4.98 Å². The number of nitrogens with zero attached hydrogens (tertiary/aromatic N) is 2. The molecule has 1 aromatic heterocycles. The molecule has 0 aliphatic heterocycles. The number of hydrogen-bond acceptors (Lipinski definition) is 5. The maximum atomic E-state index is 12.3. The summed E-state index contributed by atoms with van der Waals surface area (Å²) in [6.45, 7) is 0. The first-order chi connectivity index (χ1) is 12.5. The maximum absolute atomic E-state index is 12.3. The van der Waals surface area contributed by atoms with Gasteiger partial charge in [0.15, 0.2) is 5.82 Å². The maximum Gasteiger partial charge on any atom is 0.259 e. The molecule has 0 aliphatic carbocycles. The number of benzene rings is 2. The number of hydrogen-bond donors (Lipinski definition) is 1. The van der Waals surface area contributed by atoms with E-state index in [0.717, 1.165) is 0 Å². The minimum Gasteiger partial charge on any atom is -0.497 e. The van der Waals surface area contributed by atoms with Crippen LogP contribution in [0.15, 0.2) is 41.2 Å². The number of H-pyrrole nitrogens is 1. The van der Waals surface area contributed by atoms with Crippen LogP contribution >= 0.6 is 11.6 Å². The number of aromatic nitrogens is 2. The molecule has 0 radical (unpaired) electrons. The molecule has 3 aromatic rings. The van der Waals surface area contributed by atoms with Gasteiger partial charge in [0.1, 0.15) is 17.6 Å². The van der Waals surface area contributed by atoms with Crippen molar-refractivity contribution in [3.8, 4) is 17.6 Å². The lowest BCUT2D eigenvalue weighted by molar-refractivity contribution is 0.394. The first-order valence-corrected chi connectivity index (χ1v) is 7.96. The molecule has 0 aliphatic rings. The fraction of sp³-hybridized carbons (Fsp3) is 0.105. The zero-order chi connectivity index (χ0) is 18.7. The Kier molecular flexibility index (Phi) is 4.92. The number of halogens is 1. The molecule has 7 heteroatoms. The number of methoxy groups -OCH3 is 2. The summed E-state index contributed by atoms with van der Waals surface area (Å²) in [7, 11) is 3.08. The molecule has 0 fully saturated rings. The molecule has 0 saturated carbocycles. The molecule has 6 nitrogen and oxygen atoms in total. The summed E-state index contributed by atoms with van der Waals surface area (Å²) in [6, 6.07) is 12.1. The van der Waals surface area contributed by atoms with Crippen LogP contribution in [0.3, 0.4) is 0 Å². The molecule has 1 heterocycles. The van der Waals surface area contributed by atoms with E-state index in [1.807, 2.05) is 0 Å². The molecule has 130 valence electrons. The molecule has 0 unspecified atom stereocenters. The lowest BCUT2D eigenvalue weighted by atomic mass is 10.1. The van der Waals surface area contributed by atoms with Gasteiger partial charge in [0.2, 0.25) is 0 Å². The van der Waals surface area contributed by atoms with E-state index >= 15 is 0 Å². The van der Waals surface area contributed by atoms with Crippen molar-refractivity contribution in [1.82, 2.24) is 9.97 Å². The summed E-state index contributed by atoms with van der Waals surface area (Å²) in [5, 5.41) is 10.4. The first kappa shape index (κ1) is 17.5. The highest BCUT2D eigenvalue weighted by Gasteiger charge is 2.10. The SMILES string of the molecule is COc1cc(/C=C(\C#N)c2nc3cc(Cl)ccc3c(=O)[nH]2)cc(OC)c1. The summed E-state index contributed by atoms with van der Waals surface area (Å²) in [5.41, 5.74) is 0.942. The molecule has 2 aromatic carbocycles. The van der Waals surface area contributed by atoms with Gasteiger partial charge in [-0.3, -0.25) is 4.79 Å². The number of aromatic amines is 1. The minimum absolute atomic E-state index is 0.161. The van der Waals surface area contributed by atoms with Gasteiger partial charge in [0, 0.05) is 11.1 Å². The average Bonchev–Trinajstić information content (AvgIpc) is 2.65. The average molecular weight is 368 g/mol. The molecule has 1 N–H and O–H groups in total. The van der Waals surface area contributed by atoms with E-state index in [9.17, 15) is 10.1 Å². The molecule has 0 amide bonds. The number of allylic oxidation sites excluding steroid dienone is 1. The van der Waals surface area contributed by atoms with E-state index in [-0.39, 0.29) is 17.0 Å². The fourth-order valence-electron chi connectivity index (χ4n) is 2.47. The zero-order valence-electron chi connectivity index (χ0n) is 14.0. The van der Waals surface area contributed by atoms with E-state index in [4.69, 9.17) is 21.1 Å². The van der Waals surface area contributed by atoms with Gasteiger partial charge in [-0.15, -0.1) is 0 Å². The zero-order valence-corrected chi connectivity index (χ0v) is 14.8. The molecule has 0 saturated heterocycles. The van der Waals surface area contributed by atoms with Gasteiger partial charge >= 0.3 is 0 Å². The Hall–Kier alpha value is -3.30. The number of nitrogens with one attached hydrogen (secondary N) is 1. The Labute approximate surface area is 154 Å². The van der Waals surface area contributed by atoms with Crippen LogP contribution in [0.1, 0.15) is 11.4 Å². The van der Waals surface area contributed by atoms with Crippen molar-refractivity contribution in [1.29, 1.82) is 5.26 Å². The van der Waals surface area contributed by atoms with Crippen LogP contribution in [-0.2, 0) is 0 Å². The highest BCUT2D eigenvalue weighted by Crippen LogP contribution is 2.25. The van der Waals surface area contributed by atoms with Crippen LogP contribution in [0.4, 0.5) is 0 Å². The smallest absolute Gasteiger partial charge is 0.259 e. The number of ether oxygens (including phenoxy) is 2.